The number of pyridine rings is 1. The number of nitrogens with one attached hydrogen (secondary N) is 1. The van der Waals surface area contributed by atoms with Gasteiger partial charge in [0.2, 0.25) is 0 Å². The van der Waals surface area contributed by atoms with E-state index in [-0.39, 0.29) is 16.7 Å². The molecule has 0 saturated heterocycles. The molecule has 0 spiro atoms. The maximum Gasteiger partial charge on any atom is 0.258 e. The number of aliphatic carboxylic acids is 1. The molecular weight excluding hydrogens is 420 g/mol. The molecule has 1 aliphatic carbocycles. The molecule has 1 aliphatic rings. The summed E-state index contributed by atoms with van der Waals surface area (Å²) >= 11 is 6.44. The molecule has 156 valence electrons. The number of fused-ring (bicyclic) bond motifs is 1. The standard InChI is InChI=1S/C23H17ClN2O5/c1-11-8-18(31-26-11)19-20(27)15-9-14(16(24)10-17(15)25-21(19)28)12-2-4-13(5-3-12)23(6-7-23)22(29)30/h2-5,8-10H,6-7H2,1H3,(H,29,30)(H2,25,27,28)/p-2. The van der Waals surface area contributed by atoms with E-state index < -0.39 is 22.7 Å². The van der Waals surface area contributed by atoms with E-state index in [1.165, 1.54) is 12.1 Å². The number of aromatic nitrogens is 2. The summed E-state index contributed by atoms with van der Waals surface area (Å²) in [4.78, 5) is 26.6. The Morgan fingerprint density at radius 3 is 2.48 bits per heavy atom. The van der Waals surface area contributed by atoms with Crippen LogP contribution >= 0.6 is 11.6 Å². The van der Waals surface area contributed by atoms with Crippen molar-refractivity contribution in [3.8, 4) is 28.2 Å². The number of nitrogens with zero attached hydrogens (tertiary/aromatic N) is 1. The van der Waals surface area contributed by atoms with Crippen LogP contribution in [-0.4, -0.2) is 16.1 Å². The topological polar surface area (TPSA) is 122 Å². The molecule has 31 heavy (non-hydrogen) atoms. The van der Waals surface area contributed by atoms with Crippen molar-refractivity contribution in [2.45, 2.75) is 25.2 Å². The molecule has 1 fully saturated rings. The molecule has 5 rings (SSSR count). The van der Waals surface area contributed by atoms with Gasteiger partial charge in [-0.25, -0.2) is 0 Å². The van der Waals surface area contributed by atoms with E-state index in [1.54, 1.807) is 37.3 Å². The quantitative estimate of drug-likeness (QED) is 0.527. The molecule has 2 heterocycles. The number of rotatable bonds is 4. The predicted molar refractivity (Wildman–Crippen MR) is 111 cm³/mol. The zero-order chi connectivity index (χ0) is 21.9. The molecular formula is C23H15ClN2O5-2. The molecule has 4 aromatic rings. The highest BCUT2D eigenvalue weighted by atomic mass is 35.5. The van der Waals surface area contributed by atoms with Gasteiger partial charge in [-0.1, -0.05) is 46.8 Å². The highest BCUT2D eigenvalue weighted by molar-refractivity contribution is 6.34. The zero-order valence-corrected chi connectivity index (χ0v) is 17.1. The van der Waals surface area contributed by atoms with Gasteiger partial charge in [-0.3, -0.25) is 4.79 Å². The van der Waals surface area contributed by atoms with Gasteiger partial charge in [-0.15, -0.1) is 0 Å². The molecule has 0 radical (unpaired) electrons. The number of carbonyl (C=O) groups excluding carboxylic acids is 1. The summed E-state index contributed by atoms with van der Waals surface area (Å²) in [6.07, 6.45) is 1.12. The predicted octanol–water partition coefficient (Wildman–Crippen LogP) is 2.67. The van der Waals surface area contributed by atoms with Crippen molar-refractivity contribution in [2.75, 3.05) is 0 Å². The van der Waals surface area contributed by atoms with Crippen LogP contribution in [0, 0.1) is 6.92 Å². The second-order valence-electron chi connectivity index (χ2n) is 7.82. The average molecular weight is 435 g/mol. The van der Waals surface area contributed by atoms with Gasteiger partial charge in [-0.05, 0) is 48.4 Å². The summed E-state index contributed by atoms with van der Waals surface area (Å²) in [5, 5.41) is 28.9. The van der Waals surface area contributed by atoms with Crippen molar-refractivity contribution in [3.63, 3.8) is 0 Å². The molecule has 0 bridgehead atoms. The van der Waals surface area contributed by atoms with Gasteiger partial charge in [0.15, 0.2) is 5.76 Å². The van der Waals surface area contributed by atoms with Gasteiger partial charge >= 0.3 is 0 Å². The van der Waals surface area contributed by atoms with Gasteiger partial charge in [0.25, 0.3) is 5.56 Å². The van der Waals surface area contributed by atoms with Gasteiger partial charge in [0.1, 0.15) is 0 Å². The summed E-state index contributed by atoms with van der Waals surface area (Å²) in [7, 11) is 0. The maximum atomic E-state index is 13.1. The summed E-state index contributed by atoms with van der Waals surface area (Å²) in [6, 6.07) is 11.7. The Labute approximate surface area is 180 Å². The van der Waals surface area contributed by atoms with Gasteiger partial charge in [-0.2, -0.15) is 0 Å². The van der Waals surface area contributed by atoms with Gasteiger partial charge in [0, 0.05) is 22.6 Å². The highest BCUT2D eigenvalue weighted by Gasteiger charge is 2.45. The smallest absolute Gasteiger partial charge is 0.258 e. The lowest BCUT2D eigenvalue weighted by Crippen LogP contribution is -2.35. The van der Waals surface area contributed by atoms with Crippen molar-refractivity contribution in [2.24, 2.45) is 0 Å². The summed E-state index contributed by atoms with van der Waals surface area (Å²) in [6.45, 7) is 1.69. The first-order valence-electron chi connectivity index (χ1n) is 9.63. The van der Waals surface area contributed by atoms with Crippen molar-refractivity contribution in [1.82, 2.24) is 10.1 Å². The fourth-order valence-electron chi connectivity index (χ4n) is 3.92. The van der Waals surface area contributed by atoms with Crippen LogP contribution in [0.5, 0.6) is 5.75 Å². The van der Waals surface area contributed by atoms with E-state index in [4.69, 9.17) is 16.1 Å². The number of aromatic amines is 1. The first-order chi connectivity index (χ1) is 14.8. The number of hydrogen-bond acceptors (Lipinski definition) is 6. The minimum Gasteiger partial charge on any atom is -0.871 e. The Morgan fingerprint density at radius 1 is 1.19 bits per heavy atom. The summed E-state index contributed by atoms with van der Waals surface area (Å²) < 4.78 is 5.12. The largest absolute Gasteiger partial charge is 0.871 e. The summed E-state index contributed by atoms with van der Waals surface area (Å²) in [5.41, 5.74) is 1.24. The first-order valence-corrected chi connectivity index (χ1v) is 10.0. The van der Waals surface area contributed by atoms with E-state index in [1.807, 2.05) is 0 Å². The third kappa shape index (κ3) is 3.00. The molecule has 1 N–H and O–H groups in total. The molecule has 0 atom stereocenters. The molecule has 8 heteroatoms. The van der Waals surface area contributed by atoms with Crippen LogP contribution in [0.15, 0.2) is 51.8 Å². The Morgan fingerprint density at radius 2 is 1.90 bits per heavy atom. The minimum atomic E-state index is -1.07. The van der Waals surface area contributed by atoms with Crippen LogP contribution in [0.4, 0.5) is 0 Å². The zero-order valence-electron chi connectivity index (χ0n) is 16.3. The molecule has 2 aromatic heterocycles. The molecule has 1 saturated carbocycles. The van der Waals surface area contributed by atoms with E-state index in [2.05, 4.69) is 10.1 Å². The van der Waals surface area contributed by atoms with Crippen molar-refractivity contribution >= 4 is 28.5 Å². The number of H-pyrrole nitrogens is 1. The van der Waals surface area contributed by atoms with E-state index in [0.29, 0.717) is 45.8 Å². The maximum absolute atomic E-state index is 13.1. The van der Waals surface area contributed by atoms with Gasteiger partial charge < -0.3 is 24.5 Å². The Kier molecular flexibility index (Phi) is 4.20. The van der Waals surface area contributed by atoms with Crippen molar-refractivity contribution in [3.05, 3.63) is 69.1 Å². The van der Waals surface area contributed by atoms with Crippen molar-refractivity contribution in [1.29, 1.82) is 0 Å². The Bertz CT molecular complexity index is 1410. The number of halogens is 1. The Balaban J connectivity index is 1.64. The number of hydrogen-bond donors (Lipinski definition) is 1. The minimum absolute atomic E-state index is 0.100. The fourth-order valence-corrected chi connectivity index (χ4v) is 4.19. The normalized spacial score (nSPS) is 14.6. The lowest BCUT2D eigenvalue weighted by atomic mass is 9.93. The first kappa shape index (κ1) is 19.4. The summed E-state index contributed by atoms with van der Waals surface area (Å²) in [5.74, 6) is -1.46. The van der Waals surface area contributed by atoms with Crippen LogP contribution in [-0.2, 0) is 10.2 Å². The van der Waals surface area contributed by atoms with Crippen LogP contribution < -0.4 is 15.8 Å². The third-order valence-corrected chi connectivity index (χ3v) is 6.13. The number of carboxylic acids is 1. The highest BCUT2D eigenvalue weighted by Crippen LogP contribution is 2.48. The fraction of sp³-hybridized carbons (Fsp3) is 0.174. The number of carboxylic acid groups (broad SMARTS) is 1. The van der Waals surface area contributed by atoms with Crippen LogP contribution in [0.3, 0.4) is 0 Å². The van der Waals surface area contributed by atoms with E-state index in [9.17, 15) is 19.8 Å². The van der Waals surface area contributed by atoms with Crippen LogP contribution in [0.25, 0.3) is 33.4 Å². The van der Waals surface area contributed by atoms with Crippen LogP contribution in [0.2, 0.25) is 5.02 Å². The second-order valence-corrected chi connectivity index (χ2v) is 8.22. The molecule has 7 nitrogen and oxygen atoms in total. The molecule has 0 amide bonds. The Hall–Kier alpha value is -3.58. The SMILES string of the molecule is Cc1cc(-c2c([O-])c3cc(-c4ccc(C5(C(=O)[O-])CC5)cc4)c(Cl)cc3[nH]c2=O)on1. The lowest BCUT2D eigenvalue weighted by Gasteiger charge is -2.18. The molecule has 2 aromatic carbocycles. The van der Waals surface area contributed by atoms with E-state index in [0.717, 1.165) is 0 Å². The molecule has 0 aliphatic heterocycles. The second kappa shape index (κ2) is 6.72. The average Bonchev–Trinajstić information content (AvgIpc) is 3.44. The van der Waals surface area contributed by atoms with Gasteiger partial charge in [0.05, 0.1) is 22.2 Å². The lowest BCUT2D eigenvalue weighted by molar-refractivity contribution is -0.309. The number of aryl methyl sites for hydroxylation is 1. The van der Waals surface area contributed by atoms with Crippen LogP contribution in [0.1, 0.15) is 24.1 Å². The number of benzene rings is 2. The third-order valence-electron chi connectivity index (χ3n) is 5.82. The monoisotopic (exact) mass is 434 g/mol. The molecule has 0 unspecified atom stereocenters. The van der Waals surface area contributed by atoms with Crippen molar-refractivity contribution < 1.29 is 19.5 Å². The van der Waals surface area contributed by atoms with E-state index >= 15 is 0 Å². The number of carbonyl (C=O) groups is 1.